The number of benzene rings is 1. The third-order valence-corrected chi connectivity index (χ3v) is 4.94. The second-order valence-electron chi connectivity index (χ2n) is 6.92. The van der Waals surface area contributed by atoms with E-state index in [1.165, 1.54) is 12.3 Å². The van der Waals surface area contributed by atoms with Crippen LogP contribution >= 0.6 is 0 Å². The summed E-state index contributed by atoms with van der Waals surface area (Å²) in [6.45, 7) is 2.43. The molecular formula is C20H23N3O6. The third kappa shape index (κ3) is 5.13. The number of nitro benzene ring substituents is 1. The van der Waals surface area contributed by atoms with Crippen LogP contribution in [-0.2, 0) is 14.3 Å². The molecule has 1 fully saturated rings. The normalized spacial score (nSPS) is 15.6. The number of amides is 1. The third-order valence-electron chi connectivity index (χ3n) is 4.94. The first-order valence-corrected chi connectivity index (χ1v) is 9.43. The predicted molar refractivity (Wildman–Crippen MR) is 104 cm³/mol. The first-order chi connectivity index (χ1) is 14.0. The van der Waals surface area contributed by atoms with Gasteiger partial charge in [-0.15, -0.1) is 0 Å². The van der Waals surface area contributed by atoms with Crippen LogP contribution < -0.4 is 10.2 Å². The van der Waals surface area contributed by atoms with Gasteiger partial charge in [-0.3, -0.25) is 19.7 Å². The summed E-state index contributed by atoms with van der Waals surface area (Å²) >= 11 is 0. The van der Waals surface area contributed by atoms with E-state index >= 15 is 0 Å². The van der Waals surface area contributed by atoms with Crippen molar-refractivity contribution in [3.8, 4) is 0 Å². The van der Waals surface area contributed by atoms with Crippen LogP contribution in [0.5, 0.6) is 0 Å². The lowest BCUT2D eigenvalue weighted by atomic mass is 9.96. The van der Waals surface area contributed by atoms with Crippen LogP contribution in [0.2, 0.25) is 0 Å². The van der Waals surface area contributed by atoms with Gasteiger partial charge in [-0.2, -0.15) is 0 Å². The number of hydrogen-bond donors (Lipinski definition) is 1. The number of anilines is 1. The maximum atomic E-state index is 12.3. The molecule has 1 atom stereocenters. The summed E-state index contributed by atoms with van der Waals surface area (Å²) in [6.07, 6.45) is 2.54. The van der Waals surface area contributed by atoms with Gasteiger partial charge in [-0.05, 0) is 38.0 Å². The van der Waals surface area contributed by atoms with Crippen molar-refractivity contribution in [2.75, 3.05) is 24.6 Å². The van der Waals surface area contributed by atoms with E-state index in [9.17, 15) is 19.7 Å². The van der Waals surface area contributed by atoms with Gasteiger partial charge in [0.2, 0.25) is 0 Å². The van der Waals surface area contributed by atoms with Gasteiger partial charge in [0.05, 0.1) is 23.1 Å². The molecule has 1 amide bonds. The number of carbonyl (C=O) groups is 2. The van der Waals surface area contributed by atoms with Crippen molar-refractivity contribution in [3.63, 3.8) is 0 Å². The lowest BCUT2D eigenvalue weighted by Crippen LogP contribution is -2.38. The van der Waals surface area contributed by atoms with Crippen molar-refractivity contribution in [2.45, 2.75) is 25.8 Å². The Morgan fingerprint density at radius 3 is 2.66 bits per heavy atom. The summed E-state index contributed by atoms with van der Waals surface area (Å²) in [5.74, 6) is -0.538. The van der Waals surface area contributed by atoms with Crippen LogP contribution in [0.3, 0.4) is 0 Å². The molecule has 154 valence electrons. The second kappa shape index (κ2) is 9.22. The number of hydrogen-bond acceptors (Lipinski definition) is 7. The minimum Gasteiger partial charge on any atom is -0.467 e. The molecular weight excluding hydrogens is 378 g/mol. The Bertz CT molecular complexity index is 859. The maximum absolute atomic E-state index is 12.3. The van der Waals surface area contributed by atoms with Crippen LogP contribution in [0.4, 0.5) is 11.4 Å². The number of carbonyl (C=O) groups excluding carboxylic acids is 2. The summed E-state index contributed by atoms with van der Waals surface area (Å²) in [7, 11) is 0. The largest absolute Gasteiger partial charge is 0.467 e. The highest BCUT2D eigenvalue weighted by Gasteiger charge is 2.29. The van der Waals surface area contributed by atoms with E-state index in [1.807, 2.05) is 4.90 Å². The Kier molecular flexibility index (Phi) is 6.48. The molecule has 9 heteroatoms. The zero-order valence-corrected chi connectivity index (χ0v) is 16.1. The molecule has 9 nitrogen and oxygen atoms in total. The Hall–Kier alpha value is -3.36. The van der Waals surface area contributed by atoms with Crippen molar-refractivity contribution in [3.05, 3.63) is 58.5 Å². The Morgan fingerprint density at radius 1 is 1.28 bits per heavy atom. The number of esters is 1. The van der Waals surface area contributed by atoms with E-state index in [4.69, 9.17) is 9.15 Å². The average molecular weight is 401 g/mol. The minimum atomic E-state index is -0.423. The van der Waals surface area contributed by atoms with Crippen molar-refractivity contribution in [2.24, 2.45) is 5.92 Å². The van der Waals surface area contributed by atoms with Crippen molar-refractivity contribution in [1.82, 2.24) is 5.32 Å². The fraction of sp³-hybridized carbons (Fsp3) is 0.400. The van der Waals surface area contributed by atoms with E-state index in [1.54, 1.807) is 37.3 Å². The smallest absolute Gasteiger partial charge is 0.309 e. The standard InChI is InChI=1S/C20H23N3O6/c1-14(18-7-4-12-28-18)21-19(24)13-29-20(25)15-8-10-22(11-9-15)16-5-2-3-6-17(16)23(26)27/h2-7,12,14-15H,8-11,13H2,1H3,(H,21,24)/t14-/m1/s1. The monoisotopic (exact) mass is 401 g/mol. The fourth-order valence-electron chi connectivity index (χ4n) is 3.39. The SMILES string of the molecule is C[C@@H](NC(=O)COC(=O)C1CCN(c2ccccc2[N+](=O)[O-])CC1)c1ccco1. The van der Waals surface area contributed by atoms with Crippen LogP contribution in [0.1, 0.15) is 31.6 Å². The zero-order valence-electron chi connectivity index (χ0n) is 16.1. The molecule has 2 heterocycles. The molecule has 1 aromatic carbocycles. The number of para-hydroxylation sites is 2. The highest BCUT2D eigenvalue weighted by Crippen LogP contribution is 2.31. The highest BCUT2D eigenvalue weighted by atomic mass is 16.6. The number of piperidine rings is 1. The van der Waals surface area contributed by atoms with Gasteiger partial charge >= 0.3 is 5.97 Å². The number of ether oxygens (including phenoxy) is 1. The van der Waals surface area contributed by atoms with E-state index in [0.29, 0.717) is 37.4 Å². The molecule has 1 aliphatic heterocycles. The fourth-order valence-corrected chi connectivity index (χ4v) is 3.39. The van der Waals surface area contributed by atoms with E-state index in [-0.39, 0.29) is 24.3 Å². The number of nitrogens with zero attached hydrogens (tertiary/aromatic N) is 2. The van der Waals surface area contributed by atoms with Gasteiger partial charge < -0.3 is 19.4 Å². The molecule has 0 spiro atoms. The van der Waals surface area contributed by atoms with Crippen LogP contribution in [0, 0.1) is 16.0 Å². The first-order valence-electron chi connectivity index (χ1n) is 9.43. The van der Waals surface area contributed by atoms with Gasteiger partial charge in [0.25, 0.3) is 11.6 Å². The molecule has 0 aliphatic carbocycles. The van der Waals surface area contributed by atoms with Crippen molar-refractivity contribution < 1.29 is 23.7 Å². The first kappa shape index (κ1) is 20.4. The van der Waals surface area contributed by atoms with Gasteiger partial charge in [0, 0.05) is 19.2 Å². The van der Waals surface area contributed by atoms with Gasteiger partial charge in [-0.25, -0.2) is 0 Å². The van der Waals surface area contributed by atoms with Crippen LogP contribution in [-0.4, -0.2) is 36.5 Å². The number of furan rings is 1. The molecule has 0 bridgehead atoms. The lowest BCUT2D eigenvalue weighted by molar-refractivity contribution is -0.384. The Morgan fingerprint density at radius 2 is 2.00 bits per heavy atom. The summed E-state index contributed by atoms with van der Waals surface area (Å²) in [6, 6.07) is 9.73. The summed E-state index contributed by atoms with van der Waals surface area (Å²) in [5.41, 5.74) is 0.603. The van der Waals surface area contributed by atoms with Crippen LogP contribution in [0.15, 0.2) is 47.1 Å². The number of nitrogens with one attached hydrogen (secondary N) is 1. The summed E-state index contributed by atoms with van der Waals surface area (Å²) < 4.78 is 10.4. The van der Waals surface area contributed by atoms with Crippen molar-refractivity contribution >= 4 is 23.3 Å². The average Bonchev–Trinajstić information content (AvgIpc) is 3.27. The van der Waals surface area contributed by atoms with E-state index in [2.05, 4.69) is 5.32 Å². The van der Waals surface area contributed by atoms with E-state index in [0.717, 1.165) is 0 Å². The molecule has 1 aromatic heterocycles. The molecule has 3 rings (SSSR count). The minimum absolute atomic E-state index is 0.0517. The summed E-state index contributed by atoms with van der Waals surface area (Å²) in [4.78, 5) is 37.0. The topological polar surface area (TPSA) is 115 Å². The predicted octanol–water partition coefficient (Wildman–Crippen LogP) is 2.82. The lowest BCUT2D eigenvalue weighted by Gasteiger charge is -2.32. The van der Waals surface area contributed by atoms with Crippen molar-refractivity contribution in [1.29, 1.82) is 0 Å². The Balaban J connectivity index is 1.45. The van der Waals surface area contributed by atoms with Gasteiger partial charge in [0.1, 0.15) is 11.4 Å². The Labute approximate surface area is 167 Å². The van der Waals surface area contributed by atoms with E-state index < -0.39 is 16.8 Å². The molecule has 2 aromatic rings. The number of rotatable bonds is 7. The second-order valence-corrected chi connectivity index (χ2v) is 6.92. The molecule has 1 saturated heterocycles. The number of nitro groups is 1. The molecule has 0 unspecified atom stereocenters. The highest BCUT2D eigenvalue weighted by molar-refractivity contribution is 5.81. The zero-order chi connectivity index (χ0) is 20.8. The maximum Gasteiger partial charge on any atom is 0.309 e. The molecule has 1 N–H and O–H groups in total. The summed E-state index contributed by atoms with van der Waals surface area (Å²) in [5, 5.41) is 13.9. The van der Waals surface area contributed by atoms with Crippen LogP contribution in [0.25, 0.3) is 0 Å². The molecule has 0 saturated carbocycles. The molecule has 1 aliphatic rings. The quantitative estimate of drug-likeness (QED) is 0.431. The van der Waals surface area contributed by atoms with Gasteiger partial charge in [0.15, 0.2) is 6.61 Å². The molecule has 0 radical (unpaired) electrons. The van der Waals surface area contributed by atoms with Gasteiger partial charge in [-0.1, -0.05) is 12.1 Å². The molecule has 29 heavy (non-hydrogen) atoms.